The summed E-state index contributed by atoms with van der Waals surface area (Å²) < 4.78 is 0.978. The molecule has 124 valence electrons. The molecule has 2 N–H and O–H groups in total. The Kier molecular flexibility index (Phi) is 5.60. The minimum absolute atomic E-state index is 0.0582. The van der Waals surface area contributed by atoms with Crippen molar-refractivity contribution < 1.29 is 4.79 Å². The summed E-state index contributed by atoms with van der Waals surface area (Å²) >= 11 is 3.27. The predicted octanol–water partition coefficient (Wildman–Crippen LogP) is 3.15. The number of amides is 1. The number of carbonyl (C=O) groups is 1. The van der Waals surface area contributed by atoms with Crippen LogP contribution < -0.4 is 5.32 Å². The molecule has 0 aliphatic heterocycles. The van der Waals surface area contributed by atoms with Gasteiger partial charge in [-0.15, -0.1) is 10.2 Å². The van der Waals surface area contributed by atoms with Crippen LogP contribution in [0.2, 0.25) is 0 Å². The van der Waals surface area contributed by atoms with E-state index in [9.17, 15) is 4.79 Å². The van der Waals surface area contributed by atoms with E-state index in [1.807, 2.05) is 37.4 Å². The van der Waals surface area contributed by atoms with Gasteiger partial charge in [0, 0.05) is 29.6 Å². The second kappa shape index (κ2) is 8.07. The van der Waals surface area contributed by atoms with Crippen LogP contribution in [0.4, 0.5) is 0 Å². The van der Waals surface area contributed by atoms with Gasteiger partial charge in [0.2, 0.25) is 0 Å². The number of aromatic nitrogens is 4. The second-order valence-electron chi connectivity index (χ2n) is 5.11. The standard InChI is InChI=1S/C16H17N5OS2/c1-11-20-21-16(24-11)23-7-3-6-17-15(22)13-5-2-4-12(8-13)14-9-18-19-10-14/h2,4-5,8-10H,3,6-7H2,1H3,(H,17,22)(H,18,19). The van der Waals surface area contributed by atoms with Gasteiger partial charge in [-0.05, 0) is 31.0 Å². The minimum atomic E-state index is -0.0582. The van der Waals surface area contributed by atoms with Gasteiger partial charge < -0.3 is 5.32 Å². The Morgan fingerprint density at radius 1 is 1.33 bits per heavy atom. The molecule has 0 saturated heterocycles. The van der Waals surface area contributed by atoms with Gasteiger partial charge in [0.15, 0.2) is 4.34 Å². The molecule has 0 unspecified atom stereocenters. The highest BCUT2D eigenvalue weighted by Crippen LogP contribution is 2.22. The summed E-state index contributed by atoms with van der Waals surface area (Å²) in [6, 6.07) is 7.53. The van der Waals surface area contributed by atoms with Crippen LogP contribution in [0.1, 0.15) is 21.8 Å². The van der Waals surface area contributed by atoms with Crippen molar-refractivity contribution in [3.8, 4) is 11.1 Å². The third-order valence-corrected chi connectivity index (χ3v) is 5.35. The van der Waals surface area contributed by atoms with Crippen molar-refractivity contribution in [3.05, 3.63) is 47.2 Å². The molecule has 0 fully saturated rings. The predicted molar refractivity (Wildman–Crippen MR) is 96.3 cm³/mol. The first-order valence-corrected chi connectivity index (χ1v) is 9.33. The Morgan fingerprint density at radius 3 is 3.00 bits per heavy atom. The van der Waals surface area contributed by atoms with Gasteiger partial charge in [0.05, 0.1) is 6.20 Å². The highest BCUT2D eigenvalue weighted by molar-refractivity contribution is 8.01. The zero-order valence-corrected chi connectivity index (χ0v) is 14.8. The monoisotopic (exact) mass is 359 g/mol. The molecule has 0 aliphatic carbocycles. The number of H-pyrrole nitrogens is 1. The van der Waals surface area contributed by atoms with Gasteiger partial charge >= 0.3 is 0 Å². The van der Waals surface area contributed by atoms with Crippen molar-refractivity contribution in [2.75, 3.05) is 12.3 Å². The first-order chi connectivity index (χ1) is 11.7. The summed E-state index contributed by atoms with van der Waals surface area (Å²) in [4.78, 5) is 12.2. The van der Waals surface area contributed by atoms with E-state index in [1.54, 1.807) is 29.3 Å². The molecule has 0 saturated carbocycles. The summed E-state index contributed by atoms with van der Waals surface area (Å²) in [5.74, 6) is 0.848. The summed E-state index contributed by atoms with van der Waals surface area (Å²) in [7, 11) is 0. The lowest BCUT2D eigenvalue weighted by Gasteiger charge is -2.06. The third kappa shape index (κ3) is 4.42. The number of aromatic amines is 1. The van der Waals surface area contributed by atoms with Crippen LogP contribution in [0, 0.1) is 6.92 Å². The quantitative estimate of drug-likeness (QED) is 0.500. The molecule has 3 aromatic rings. The SMILES string of the molecule is Cc1nnc(SCCCNC(=O)c2cccc(-c3cn[nH]c3)c2)s1. The van der Waals surface area contributed by atoms with Crippen LogP contribution in [-0.4, -0.2) is 38.6 Å². The van der Waals surface area contributed by atoms with Crippen LogP contribution in [-0.2, 0) is 0 Å². The lowest BCUT2D eigenvalue weighted by atomic mass is 10.1. The molecule has 1 aromatic carbocycles. The molecule has 6 nitrogen and oxygen atoms in total. The summed E-state index contributed by atoms with van der Waals surface area (Å²) in [5, 5.41) is 18.7. The Hall–Kier alpha value is -2.19. The summed E-state index contributed by atoms with van der Waals surface area (Å²) in [5.41, 5.74) is 2.59. The van der Waals surface area contributed by atoms with E-state index < -0.39 is 0 Å². The molecule has 8 heteroatoms. The fourth-order valence-corrected chi connectivity index (χ4v) is 3.95. The number of benzene rings is 1. The first-order valence-electron chi connectivity index (χ1n) is 7.53. The third-order valence-electron chi connectivity index (χ3n) is 3.30. The maximum atomic E-state index is 12.2. The molecule has 1 amide bonds. The first kappa shape index (κ1) is 16.7. The maximum absolute atomic E-state index is 12.2. The fraction of sp³-hybridized carbons (Fsp3) is 0.250. The van der Waals surface area contributed by atoms with Gasteiger partial charge in [-0.25, -0.2) is 0 Å². The van der Waals surface area contributed by atoms with Crippen LogP contribution in [0.15, 0.2) is 41.0 Å². The molecule has 0 atom stereocenters. The maximum Gasteiger partial charge on any atom is 0.251 e. The Labute approximate surface area is 148 Å². The number of nitrogens with zero attached hydrogens (tertiary/aromatic N) is 3. The zero-order valence-electron chi connectivity index (χ0n) is 13.2. The van der Waals surface area contributed by atoms with E-state index in [1.165, 1.54) is 0 Å². The Morgan fingerprint density at radius 2 is 2.25 bits per heavy atom. The summed E-state index contributed by atoms with van der Waals surface area (Å²) in [6.07, 6.45) is 4.43. The lowest BCUT2D eigenvalue weighted by molar-refractivity contribution is 0.0954. The number of aryl methyl sites for hydroxylation is 1. The van der Waals surface area contributed by atoms with Gasteiger partial charge in [0.25, 0.3) is 5.91 Å². The van der Waals surface area contributed by atoms with Crippen molar-refractivity contribution in [1.82, 2.24) is 25.7 Å². The Bertz CT molecular complexity index is 800. The molecule has 3 rings (SSSR count). The molecule has 0 spiro atoms. The highest BCUT2D eigenvalue weighted by atomic mass is 32.2. The van der Waals surface area contributed by atoms with Crippen molar-refractivity contribution in [2.24, 2.45) is 0 Å². The molecular weight excluding hydrogens is 342 g/mol. The van der Waals surface area contributed by atoms with E-state index in [0.29, 0.717) is 12.1 Å². The lowest BCUT2D eigenvalue weighted by Crippen LogP contribution is -2.24. The van der Waals surface area contributed by atoms with Crippen LogP contribution in [0.5, 0.6) is 0 Å². The fourth-order valence-electron chi connectivity index (χ4n) is 2.12. The minimum Gasteiger partial charge on any atom is -0.352 e. The number of hydrogen-bond donors (Lipinski definition) is 2. The van der Waals surface area contributed by atoms with Gasteiger partial charge in [-0.2, -0.15) is 5.10 Å². The number of carbonyl (C=O) groups excluding carboxylic acids is 1. The van der Waals surface area contributed by atoms with Gasteiger partial charge in [-0.1, -0.05) is 35.2 Å². The molecule has 24 heavy (non-hydrogen) atoms. The van der Waals surface area contributed by atoms with Gasteiger partial charge in [0.1, 0.15) is 5.01 Å². The van der Waals surface area contributed by atoms with Gasteiger partial charge in [-0.3, -0.25) is 9.89 Å². The summed E-state index contributed by atoms with van der Waals surface area (Å²) in [6.45, 7) is 2.58. The second-order valence-corrected chi connectivity index (χ2v) is 7.64. The normalized spacial score (nSPS) is 10.7. The number of thioether (sulfide) groups is 1. The number of rotatable bonds is 7. The van der Waals surface area contributed by atoms with E-state index in [0.717, 1.165) is 32.6 Å². The molecule has 0 radical (unpaired) electrons. The van der Waals surface area contributed by atoms with E-state index in [2.05, 4.69) is 25.7 Å². The van der Waals surface area contributed by atoms with Crippen molar-refractivity contribution in [3.63, 3.8) is 0 Å². The topological polar surface area (TPSA) is 83.6 Å². The van der Waals surface area contributed by atoms with Crippen molar-refractivity contribution in [2.45, 2.75) is 17.7 Å². The molecule has 0 aliphatic rings. The number of nitrogens with one attached hydrogen (secondary N) is 2. The Balaban J connectivity index is 1.46. The zero-order chi connectivity index (χ0) is 16.8. The van der Waals surface area contributed by atoms with Crippen molar-refractivity contribution >= 4 is 29.0 Å². The van der Waals surface area contributed by atoms with E-state index >= 15 is 0 Å². The van der Waals surface area contributed by atoms with Crippen molar-refractivity contribution in [1.29, 1.82) is 0 Å². The van der Waals surface area contributed by atoms with E-state index in [4.69, 9.17) is 0 Å². The van der Waals surface area contributed by atoms with Crippen LogP contribution >= 0.6 is 23.1 Å². The highest BCUT2D eigenvalue weighted by Gasteiger charge is 2.07. The van der Waals surface area contributed by atoms with E-state index in [-0.39, 0.29) is 5.91 Å². The van der Waals surface area contributed by atoms with Crippen LogP contribution in [0.3, 0.4) is 0 Å². The smallest absolute Gasteiger partial charge is 0.251 e. The molecule has 2 aromatic heterocycles. The number of hydrogen-bond acceptors (Lipinski definition) is 6. The van der Waals surface area contributed by atoms with Crippen LogP contribution in [0.25, 0.3) is 11.1 Å². The average molecular weight is 359 g/mol. The average Bonchev–Trinajstić information content (AvgIpc) is 3.26. The molecule has 2 heterocycles. The molecular formula is C16H17N5OS2. The largest absolute Gasteiger partial charge is 0.352 e. The molecule has 0 bridgehead atoms.